The molecule has 2 unspecified atom stereocenters. The molecule has 1 aromatic rings. The number of benzene rings is 1. The summed E-state index contributed by atoms with van der Waals surface area (Å²) in [7, 11) is 0. The minimum Gasteiger partial charge on any atom is -0.482 e. The van der Waals surface area contributed by atoms with Crippen LogP contribution in [0.2, 0.25) is 0 Å². The van der Waals surface area contributed by atoms with Crippen molar-refractivity contribution in [3.8, 4) is 5.75 Å². The Morgan fingerprint density at radius 3 is 2.81 bits per heavy atom. The summed E-state index contributed by atoms with van der Waals surface area (Å²) in [6, 6.07) is 6.82. The minimum atomic E-state index is -1.04. The van der Waals surface area contributed by atoms with Gasteiger partial charge in [0.15, 0.2) is 6.61 Å². The Morgan fingerprint density at radius 2 is 2.19 bits per heavy atom. The van der Waals surface area contributed by atoms with Crippen molar-refractivity contribution >= 4 is 17.7 Å². The molecule has 0 saturated carbocycles. The van der Waals surface area contributed by atoms with E-state index in [0.717, 1.165) is 13.0 Å². The first-order chi connectivity index (χ1) is 9.95. The van der Waals surface area contributed by atoms with E-state index in [4.69, 9.17) is 9.84 Å². The zero-order valence-electron chi connectivity index (χ0n) is 12.2. The molecular formula is C15H20N2O4. The molecule has 0 aliphatic carbocycles. The molecule has 0 aromatic heterocycles. The SMILES string of the molecule is CC1CC(C)N(C(=O)Nc2cccc(OCC(=O)O)c2)C1. The number of hydrogen-bond donors (Lipinski definition) is 2. The summed E-state index contributed by atoms with van der Waals surface area (Å²) >= 11 is 0. The first-order valence-electron chi connectivity index (χ1n) is 6.98. The third kappa shape index (κ3) is 4.11. The maximum Gasteiger partial charge on any atom is 0.341 e. The molecule has 0 radical (unpaired) electrons. The van der Waals surface area contributed by atoms with Crippen LogP contribution in [0.25, 0.3) is 0 Å². The predicted octanol–water partition coefficient (Wildman–Crippen LogP) is 2.41. The number of likely N-dealkylation sites (tertiary alicyclic amines) is 1. The molecule has 21 heavy (non-hydrogen) atoms. The normalized spacial score (nSPS) is 21.1. The van der Waals surface area contributed by atoms with Crippen molar-refractivity contribution in [2.24, 2.45) is 5.92 Å². The summed E-state index contributed by atoms with van der Waals surface area (Å²) in [6.45, 7) is 4.51. The zero-order valence-corrected chi connectivity index (χ0v) is 12.2. The Kier molecular flexibility index (Phi) is 4.67. The number of carboxylic acids is 1. The summed E-state index contributed by atoms with van der Waals surface area (Å²) in [5, 5.41) is 11.4. The molecule has 2 rings (SSSR count). The second-order valence-electron chi connectivity index (χ2n) is 5.48. The standard InChI is InChI=1S/C15H20N2O4/c1-10-6-11(2)17(8-10)15(20)16-12-4-3-5-13(7-12)21-9-14(18)19/h3-5,7,10-11H,6,8-9H2,1-2H3,(H,16,20)(H,18,19). The molecule has 0 bridgehead atoms. The van der Waals surface area contributed by atoms with Gasteiger partial charge in [-0.25, -0.2) is 9.59 Å². The zero-order chi connectivity index (χ0) is 15.4. The lowest BCUT2D eigenvalue weighted by Crippen LogP contribution is -2.37. The Morgan fingerprint density at radius 1 is 1.43 bits per heavy atom. The molecule has 2 atom stereocenters. The first kappa shape index (κ1) is 15.2. The van der Waals surface area contributed by atoms with E-state index in [9.17, 15) is 9.59 Å². The smallest absolute Gasteiger partial charge is 0.341 e. The van der Waals surface area contributed by atoms with E-state index in [2.05, 4.69) is 12.2 Å². The van der Waals surface area contributed by atoms with Crippen LogP contribution in [0.4, 0.5) is 10.5 Å². The average Bonchev–Trinajstić information content (AvgIpc) is 2.76. The van der Waals surface area contributed by atoms with Crippen LogP contribution in [-0.2, 0) is 4.79 Å². The Balaban J connectivity index is 1.97. The number of amides is 2. The van der Waals surface area contributed by atoms with Crippen molar-refractivity contribution in [2.45, 2.75) is 26.3 Å². The summed E-state index contributed by atoms with van der Waals surface area (Å²) in [6.07, 6.45) is 1.01. The lowest BCUT2D eigenvalue weighted by atomic mass is 10.1. The van der Waals surface area contributed by atoms with Crippen molar-refractivity contribution in [1.82, 2.24) is 4.90 Å². The van der Waals surface area contributed by atoms with Gasteiger partial charge in [-0.1, -0.05) is 13.0 Å². The molecule has 1 saturated heterocycles. The van der Waals surface area contributed by atoms with Gasteiger partial charge in [-0.05, 0) is 31.4 Å². The highest BCUT2D eigenvalue weighted by molar-refractivity contribution is 5.90. The molecule has 1 fully saturated rings. The van der Waals surface area contributed by atoms with Crippen LogP contribution < -0.4 is 10.1 Å². The molecular weight excluding hydrogens is 272 g/mol. The first-order valence-corrected chi connectivity index (χ1v) is 6.98. The molecule has 1 aromatic carbocycles. The third-order valence-electron chi connectivity index (χ3n) is 3.49. The molecule has 6 heteroatoms. The Bertz CT molecular complexity index is 532. The highest BCUT2D eigenvalue weighted by atomic mass is 16.5. The monoisotopic (exact) mass is 292 g/mol. The van der Waals surface area contributed by atoms with E-state index in [1.165, 1.54) is 0 Å². The molecule has 0 spiro atoms. The van der Waals surface area contributed by atoms with Crippen LogP contribution in [0.1, 0.15) is 20.3 Å². The van der Waals surface area contributed by atoms with Crippen molar-refractivity contribution in [3.63, 3.8) is 0 Å². The van der Waals surface area contributed by atoms with Crippen molar-refractivity contribution in [3.05, 3.63) is 24.3 Å². The molecule has 6 nitrogen and oxygen atoms in total. The minimum absolute atomic E-state index is 0.137. The van der Waals surface area contributed by atoms with Gasteiger partial charge in [0.25, 0.3) is 0 Å². The summed E-state index contributed by atoms with van der Waals surface area (Å²) in [5.74, 6) is -0.113. The van der Waals surface area contributed by atoms with Gasteiger partial charge in [0.05, 0.1) is 0 Å². The number of urea groups is 1. The summed E-state index contributed by atoms with van der Waals surface area (Å²) in [4.78, 5) is 24.5. The van der Waals surface area contributed by atoms with E-state index >= 15 is 0 Å². The van der Waals surface area contributed by atoms with Crippen molar-refractivity contribution < 1.29 is 19.4 Å². The number of ether oxygens (including phenoxy) is 1. The van der Waals surface area contributed by atoms with Crippen LogP contribution in [0.5, 0.6) is 5.75 Å². The number of nitrogens with one attached hydrogen (secondary N) is 1. The molecule has 1 aliphatic heterocycles. The lowest BCUT2D eigenvalue weighted by molar-refractivity contribution is -0.139. The van der Waals surface area contributed by atoms with Gasteiger partial charge in [-0.2, -0.15) is 0 Å². The topological polar surface area (TPSA) is 78.9 Å². The van der Waals surface area contributed by atoms with E-state index < -0.39 is 12.6 Å². The van der Waals surface area contributed by atoms with E-state index in [-0.39, 0.29) is 12.1 Å². The Hall–Kier alpha value is -2.24. The van der Waals surface area contributed by atoms with Crippen LogP contribution in [0.3, 0.4) is 0 Å². The van der Waals surface area contributed by atoms with Gasteiger partial charge < -0.3 is 20.1 Å². The van der Waals surface area contributed by atoms with Crippen LogP contribution in [-0.4, -0.2) is 41.2 Å². The lowest BCUT2D eigenvalue weighted by Gasteiger charge is -2.22. The van der Waals surface area contributed by atoms with Crippen LogP contribution >= 0.6 is 0 Å². The average molecular weight is 292 g/mol. The number of nitrogens with zero attached hydrogens (tertiary/aromatic N) is 1. The van der Waals surface area contributed by atoms with Crippen molar-refractivity contribution in [1.29, 1.82) is 0 Å². The van der Waals surface area contributed by atoms with Gasteiger partial charge in [0.1, 0.15) is 5.75 Å². The number of hydrogen-bond acceptors (Lipinski definition) is 3. The fourth-order valence-corrected chi connectivity index (χ4v) is 2.59. The highest BCUT2D eigenvalue weighted by Crippen LogP contribution is 2.24. The van der Waals surface area contributed by atoms with Gasteiger partial charge in [-0.15, -0.1) is 0 Å². The van der Waals surface area contributed by atoms with Gasteiger partial charge in [-0.3, -0.25) is 0 Å². The Labute approximate surface area is 123 Å². The largest absolute Gasteiger partial charge is 0.482 e. The van der Waals surface area contributed by atoms with E-state index in [1.807, 2.05) is 11.8 Å². The summed E-state index contributed by atoms with van der Waals surface area (Å²) < 4.78 is 5.09. The highest BCUT2D eigenvalue weighted by Gasteiger charge is 2.29. The second-order valence-corrected chi connectivity index (χ2v) is 5.48. The van der Waals surface area contributed by atoms with Gasteiger partial charge in [0, 0.05) is 24.3 Å². The maximum absolute atomic E-state index is 12.2. The molecule has 1 aliphatic rings. The van der Waals surface area contributed by atoms with Gasteiger partial charge in [0.2, 0.25) is 0 Å². The predicted molar refractivity (Wildman–Crippen MR) is 78.5 cm³/mol. The van der Waals surface area contributed by atoms with E-state index in [1.54, 1.807) is 24.3 Å². The number of carboxylic acid groups (broad SMARTS) is 1. The quantitative estimate of drug-likeness (QED) is 0.893. The molecule has 2 N–H and O–H groups in total. The van der Waals surface area contributed by atoms with Crippen LogP contribution in [0.15, 0.2) is 24.3 Å². The second kappa shape index (κ2) is 6.47. The van der Waals surface area contributed by atoms with Crippen molar-refractivity contribution in [2.75, 3.05) is 18.5 Å². The number of anilines is 1. The number of carbonyl (C=O) groups excluding carboxylic acids is 1. The maximum atomic E-state index is 12.2. The number of rotatable bonds is 4. The third-order valence-corrected chi connectivity index (χ3v) is 3.49. The number of carbonyl (C=O) groups is 2. The van der Waals surface area contributed by atoms with Crippen LogP contribution in [0, 0.1) is 5.92 Å². The fraction of sp³-hybridized carbons (Fsp3) is 0.467. The van der Waals surface area contributed by atoms with Gasteiger partial charge >= 0.3 is 12.0 Å². The molecule has 114 valence electrons. The fourth-order valence-electron chi connectivity index (χ4n) is 2.59. The van der Waals surface area contributed by atoms with E-state index in [0.29, 0.717) is 17.4 Å². The summed E-state index contributed by atoms with van der Waals surface area (Å²) in [5.41, 5.74) is 0.592. The molecule has 1 heterocycles. The molecule has 2 amide bonds. The number of aliphatic carboxylic acids is 1.